The average molecular weight is 596 g/mol. The number of carboxylic acids is 1. The smallest absolute Gasteiger partial charge is 0.326 e. The molecule has 0 saturated heterocycles. The fourth-order valence-corrected chi connectivity index (χ4v) is 5.80. The van der Waals surface area contributed by atoms with Crippen LogP contribution in [0.3, 0.4) is 0 Å². The van der Waals surface area contributed by atoms with E-state index < -0.39 is 27.9 Å². The molecule has 0 radical (unpaired) electrons. The Balaban J connectivity index is 1.44. The summed E-state index contributed by atoms with van der Waals surface area (Å²) in [5.41, 5.74) is 2.46. The summed E-state index contributed by atoms with van der Waals surface area (Å²) in [7, 11) is -3.33. The lowest BCUT2D eigenvalue weighted by atomic mass is 9.95. The molecule has 3 aromatic rings. The maximum Gasteiger partial charge on any atom is 0.326 e. The third-order valence-electron chi connectivity index (χ3n) is 6.51. The molecule has 13 heteroatoms. The van der Waals surface area contributed by atoms with Crippen molar-refractivity contribution >= 4 is 62.0 Å². The second-order valence-electron chi connectivity index (χ2n) is 9.36. The van der Waals surface area contributed by atoms with Gasteiger partial charge in [0.2, 0.25) is 10.0 Å². The van der Waals surface area contributed by atoms with Gasteiger partial charge in [0.15, 0.2) is 0 Å². The van der Waals surface area contributed by atoms with Gasteiger partial charge in [0.25, 0.3) is 11.8 Å². The van der Waals surface area contributed by atoms with Crippen LogP contribution in [0.2, 0.25) is 10.0 Å². The maximum atomic E-state index is 13.1. The largest absolute Gasteiger partial charge is 0.480 e. The zero-order valence-electron chi connectivity index (χ0n) is 21.0. The Bertz CT molecular complexity index is 1540. The van der Waals surface area contributed by atoms with E-state index in [2.05, 4.69) is 10.0 Å². The number of sulfonamides is 1. The Morgan fingerprint density at radius 2 is 1.92 bits per heavy atom. The summed E-state index contributed by atoms with van der Waals surface area (Å²) in [6.07, 6.45) is 3.84. The molecular weight excluding hydrogens is 569 g/mol. The Morgan fingerprint density at radius 3 is 2.64 bits per heavy atom. The predicted octanol–water partition coefficient (Wildman–Crippen LogP) is 3.84. The number of aliphatic carboxylic acids is 1. The Labute approximate surface area is 235 Å². The monoisotopic (exact) mass is 595 g/mol. The number of unbranched alkanes of at least 4 members (excludes halogenated alkanes) is 1. The molecule has 1 atom stereocenters. The van der Waals surface area contributed by atoms with Crippen LogP contribution in [-0.2, 0) is 27.8 Å². The first-order valence-corrected chi connectivity index (χ1v) is 14.8. The Hall–Kier alpha value is -3.12. The predicted molar refractivity (Wildman–Crippen MR) is 147 cm³/mol. The van der Waals surface area contributed by atoms with Crippen molar-refractivity contribution in [2.75, 3.05) is 19.3 Å². The number of nitrogens with one attached hydrogen (secondary N) is 2. The Kier molecular flexibility index (Phi) is 8.85. The standard InChI is InChI=1S/C26H27Cl2N3O7S/c1-39(36,37)29-9-3-2-4-20(26(34)35)30-24(32)22-19(27)12-17-14-31(10-7-18(17)23(22)28)25(33)16-6-5-15-8-11-38-21(15)13-16/h5-6,8,11-13,20,29H,2-4,7,9-10,14H2,1H3,(H,30,32)(H,34,35)/t20-/m0/s1. The fraction of sp³-hybridized carbons (Fsp3) is 0.346. The van der Waals surface area contributed by atoms with E-state index in [0.717, 1.165) is 11.6 Å². The van der Waals surface area contributed by atoms with Gasteiger partial charge in [-0.25, -0.2) is 17.9 Å². The van der Waals surface area contributed by atoms with Crippen LogP contribution >= 0.6 is 23.2 Å². The molecule has 4 rings (SSSR count). The molecule has 0 saturated carbocycles. The number of carboxylic acid groups (broad SMARTS) is 1. The van der Waals surface area contributed by atoms with E-state index in [1.54, 1.807) is 29.4 Å². The highest BCUT2D eigenvalue weighted by Gasteiger charge is 2.29. The molecule has 0 fully saturated rings. The first kappa shape index (κ1) is 28.9. The van der Waals surface area contributed by atoms with Gasteiger partial charge in [0.05, 0.1) is 28.1 Å². The molecule has 2 heterocycles. The van der Waals surface area contributed by atoms with Gasteiger partial charge in [-0.3, -0.25) is 9.59 Å². The number of hydrogen-bond acceptors (Lipinski definition) is 6. The number of hydrogen-bond donors (Lipinski definition) is 3. The summed E-state index contributed by atoms with van der Waals surface area (Å²) in [6, 6.07) is 7.44. The van der Waals surface area contributed by atoms with E-state index in [-0.39, 0.29) is 41.0 Å². The van der Waals surface area contributed by atoms with E-state index in [0.29, 0.717) is 48.1 Å². The molecule has 10 nitrogen and oxygen atoms in total. The van der Waals surface area contributed by atoms with Crippen LogP contribution in [0.4, 0.5) is 0 Å². The van der Waals surface area contributed by atoms with Crippen molar-refractivity contribution in [3.8, 4) is 0 Å². The lowest BCUT2D eigenvalue weighted by Gasteiger charge is -2.30. The topological polar surface area (TPSA) is 146 Å². The van der Waals surface area contributed by atoms with Crippen LogP contribution < -0.4 is 10.0 Å². The lowest BCUT2D eigenvalue weighted by Crippen LogP contribution is -2.41. The van der Waals surface area contributed by atoms with Crippen molar-refractivity contribution in [1.29, 1.82) is 0 Å². The van der Waals surface area contributed by atoms with Gasteiger partial charge < -0.3 is 19.7 Å². The van der Waals surface area contributed by atoms with E-state index >= 15 is 0 Å². The molecule has 0 aliphatic carbocycles. The molecule has 208 valence electrons. The zero-order chi connectivity index (χ0) is 28.3. The van der Waals surface area contributed by atoms with Crippen molar-refractivity contribution in [3.05, 3.63) is 68.9 Å². The third kappa shape index (κ3) is 6.91. The molecule has 1 aliphatic heterocycles. The Morgan fingerprint density at radius 1 is 1.15 bits per heavy atom. The molecule has 1 aromatic heterocycles. The summed E-state index contributed by atoms with van der Waals surface area (Å²) < 4.78 is 30.0. The van der Waals surface area contributed by atoms with Gasteiger partial charge in [-0.1, -0.05) is 29.3 Å². The normalized spacial score (nSPS) is 14.2. The summed E-state index contributed by atoms with van der Waals surface area (Å²) in [6.45, 7) is 0.771. The van der Waals surface area contributed by atoms with Gasteiger partial charge in [0.1, 0.15) is 11.6 Å². The number of carbonyl (C=O) groups excluding carboxylic acids is 2. The first-order chi connectivity index (χ1) is 18.4. The highest BCUT2D eigenvalue weighted by Crippen LogP contribution is 2.35. The number of amides is 2. The van der Waals surface area contributed by atoms with Gasteiger partial charge >= 0.3 is 5.97 Å². The minimum Gasteiger partial charge on any atom is -0.480 e. The summed E-state index contributed by atoms with van der Waals surface area (Å²) in [5, 5.41) is 13.1. The summed E-state index contributed by atoms with van der Waals surface area (Å²) >= 11 is 13.0. The molecule has 39 heavy (non-hydrogen) atoms. The number of fused-ring (bicyclic) bond motifs is 2. The SMILES string of the molecule is CS(=O)(=O)NCCCC[C@H](NC(=O)c1c(Cl)cc2c(c1Cl)CCN(C(=O)c1ccc3ccoc3c1)C2)C(=O)O. The molecule has 0 spiro atoms. The van der Waals surface area contributed by atoms with Crippen LogP contribution in [0, 0.1) is 0 Å². The first-order valence-electron chi connectivity index (χ1n) is 12.2. The van der Waals surface area contributed by atoms with Crippen LogP contribution in [0.1, 0.15) is 51.1 Å². The second kappa shape index (κ2) is 12.0. The van der Waals surface area contributed by atoms with Crippen LogP contribution in [-0.4, -0.2) is 61.6 Å². The van der Waals surface area contributed by atoms with E-state index in [1.807, 2.05) is 12.1 Å². The number of carbonyl (C=O) groups is 3. The number of nitrogens with zero attached hydrogens (tertiary/aromatic N) is 1. The summed E-state index contributed by atoms with van der Waals surface area (Å²) in [5.74, 6) is -2.13. The van der Waals surface area contributed by atoms with Crippen molar-refractivity contribution < 1.29 is 32.3 Å². The molecule has 1 aliphatic rings. The van der Waals surface area contributed by atoms with Crippen molar-refractivity contribution in [1.82, 2.24) is 14.9 Å². The highest BCUT2D eigenvalue weighted by molar-refractivity contribution is 7.88. The van der Waals surface area contributed by atoms with E-state index in [1.165, 1.54) is 0 Å². The molecular formula is C26H27Cl2N3O7S. The molecule has 0 bridgehead atoms. The van der Waals surface area contributed by atoms with Crippen LogP contribution in [0.15, 0.2) is 41.0 Å². The minimum atomic E-state index is -3.33. The number of benzene rings is 2. The summed E-state index contributed by atoms with van der Waals surface area (Å²) in [4.78, 5) is 39.6. The van der Waals surface area contributed by atoms with Gasteiger partial charge in [-0.05, 0) is 61.1 Å². The lowest BCUT2D eigenvalue weighted by molar-refractivity contribution is -0.139. The van der Waals surface area contributed by atoms with Gasteiger partial charge in [0, 0.05) is 30.6 Å². The number of furan rings is 1. The van der Waals surface area contributed by atoms with Gasteiger partial charge in [-0.2, -0.15) is 0 Å². The fourth-order valence-electron chi connectivity index (χ4n) is 4.52. The van der Waals surface area contributed by atoms with Gasteiger partial charge in [-0.15, -0.1) is 0 Å². The number of halogens is 2. The second-order valence-corrected chi connectivity index (χ2v) is 12.0. The molecule has 2 amide bonds. The highest BCUT2D eigenvalue weighted by atomic mass is 35.5. The van der Waals surface area contributed by atoms with Crippen molar-refractivity contribution in [2.24, 2.45) is 0 Å². The quantitative estimate of drug-likeness (QED) is 0.302. The average Bonchev–Trinajstić information content (AvgIpc) is 3.34. The van der Waals surface area contributed by atoms with E-state index in [4.69, 9.17) is 27.6 Å². The molecule has 3 N–H and O–H groups in total. The molecule has 0 unspecified atom stereocenters. The van der Waals surface area contributed by atoms with Crippen molar-refractivity contribution in [2.45, 2.75) is 38.3 Å². The number of rotatable bonds is 10. The third-order valence-corrected chi connectivity index (χ3v) is 7.95. The molecule has 2 aromatic carbocycles. The van der Waals surface area contributed by atoms with E-state index in [9.17, 15) is 27.9 Å². The van der Waals surface area contributed by atoms with Crippen LogP contribution in [0.25, 0.3) is 11.0 Å². The minimum absolute atomic E-state index is 0.0230. The zero-order valence-corrected chi connectivity index (χ0v) is 23.3. The van der Waals surface area contributed by atoms with Crippen LogP contribution in [0.5, 0.6) is 0 Å². The van der Waals surface area contributed by atoms with Crippen molar-refractivity contribution in [3.63, 3.8) is 0 Å². The maximum absolute atomic E-state index is 13.1.